The van der Waals surface area contributed by atoms with Crippen molar-refractivity contribution in [1.82, 2.24) is 20.5 Å². The Morgan fingerprint density at radius 3 is 2.88 bits per heavy atom. The Balaban J connectivity index is 1.55. The van der Waals surface area contributed by atoms with E-state index in [9.17, 15) is 9.59 Å². The molecule has 0 aromatic carbocycles. The van der Waals surface area contributed by atoms with Gasteiger partial charge in [0.15, 0.2) is 0 Å². The summed E-state index contributed by atoms with van der Waals surface area (Å²) in [7, 11) is 1.83. The van der Waals surface area contributed by atoms with Gasteiger partial charge in [-0.2, -0.15) is 0 Å². The van der Waals surface area contributed by atoms with Crippen LogP contribution in [0, 0.1) is 5.92 Å². The van der Waals surface area contributed by atoms with Crippen LogP contribution in [0.2, 0.25) is 0 Å². The van der Waals surface area contributed by atoms with Crippen molar-refractivity contribution in [3.05, 3.63) is 16.6 Å². The molecule has 0 spiro atoms. The van der Waals surface area contributed by atoms with Crippen molar-refractivity contribution in [2.24, 2.45) is 5.92 Å². The van der Waals surface area contributed by atoms with Gasteiger partial charge in [0.05, 0.1) is 0 Å². The molecule has 2 heterocycles. The maximum Gasteiger partial charge on any atom is 0.223 e. The van der Waals surface area contributed by atoms with Gasteiger partial charge in [-0.05, 0) is 25.7 Å². The first-order chi connectivity index (χ1) is 11.6. The Labute approximate surface area is 147 Å². The van der Waals surface area contributed by atoms with Crippen molar-refractivity contribution < 1.29 is 9.59 Å². The van der Waals surface area contributed by atoms with Gasteiger partial charge in [-0.25, -0.2) is 4.98 Å². The molecule has 1 saturated carbocycles. The molecule has 2 atom stereocenters. The van der Waals surface area contributed by atoms with Gasteiger partial charge in [0.25, 0.3) is 0 Å². The van der Waals surface area contributed by atoms with Gasteiger partial charge in [-0.15, -0.1) is 11.3 Å². The Bertz CT molecular complexity index is 559. The number of hydrogen-bond acceptors (Lipinski definition) is 5. The van der Waals surface area contributed by atoms with Crippen LogP contribution in [0.15, 0.2) is 11.6 Å². The maximum atomic E-state index is 12.4. The molecule has 24 heavy (non-hydrogen) atoms. The third kappa shape index (κ3) is 5.01. The topological polar surface area (TPSA) is 74.3 Å². The fourth-order valence-electron chi connectivity index (χ4n) is 3.11. The van der Waals surface area contributed by atoms with Gasteiger partial charge in [0, 0.05) is 56.1 Å². The summed E-state index contributed by atoms with van der Waals surface area (Å²) in [4.78, 5) is 30.8. The summed E-state index contributed by atoms with van der Waals surface area (Å²) in [5.74, 6) is -0.0550. The molecule has 1 aliphatic carbocycles. The van der Waals surface area contributed by atoms with Gasteiger partial charge in [0.2, 0.25) is 11.8 Å². The summed E-state index contributed by atoms with van der Waals surface area (Å²) < 4.78 is 0. The fourth-order valence-corrected chi connectivity index (χ4v) is 3.68. The van der Waals surface area contributed by atoms with Crippen LogP contribution in [0.3, 0.4) is 0 Å². The quantitative estimate of drug-likeness (QED) is 0.844. The lowest BCUT2D eigenvalue weighted by atomic mass is 9.96. The molecule has 132 valence electrons. The Morgan fingerprint density at radius 1 is 1.33 bits per heavy atom. The second-order valence-electron chi connectivity index (χ2n) is 6.89. The minimum Gasteiger partial charge on any atom is -0.353 e. The average Bonchev–Trinajstić information content (AvgIpc) is 3.20. The number of thiazole rings is 1. The third-order valence-corrected chi connectivity index (χ3v) is 5.55. The number of carbonyl (C=O) groups is 2. The summed E-state index contributed by atoms with van der Waals surface area (Å²) in [5.41, 5.74) is 0. The number of likely N-dealkylation sites (N-methyl/N-ethyl adjacent to an activating group) is 1. The Hall–Kier alpha value is -1.47. The molecule has 2 fully saturated rings. The van der Waals surface area contributed by atoms with Crippen LogP contribution in [0.1, 0.15) is 43.5 Å². The van der Waals surface area contributed by atoms with Crippen LogP contribution in [0.25, 0.3) is 0 Å². The first-order valence-electron chi connectivity index (χ1n) is 8.78. The van der Waals surface area contributed by atoms with E-state index in [1.807, 2.05) is 18.6 Å². The first kappa shape index (κ1) is 17.4. The monoisotopic (exact) mass is 350 g/mol. The van der Waals surface area contributed by atoms with Gasteiger partial charge in [-0.1, -0.05) is 6.42 Å². The lowest BCUT2D eigenvalue weighted by Crippen LogP contribution is -2.42. The highest BCUT2D eigenvalue weighted by Crippen LogP contribution is 2.23. The summed E-state index contributed by atoms with van der Waals surface area (Å²) in [6.07, 6.45) is 7.01. The number of amides is 2. The minimum atomic E-state index is -0.182. The van der Waals surface area contributed by atoms with E-state index in [4.69, 9.17) is 0 Å². The van der Waals surface area contributed by atoms with E-state index in [0.29, 0.717) is 19.0 Å². The van der Waals surface area contributed by atoms with Gasteiger partial charge >= 0.3 is 0 Å². The van der Waals surface area contributed by atoms with E-state index < -0.39 is 0 Å². The van der Waals surface area contributed by atoms with Crippen molar-refractivity contribution >= 4 is 23.2 Å². The molecule has 1 aromatic rings. The molecule has 2 N–H and O–H groups in total. The van der Waals surface area contributed by atoms with E-state index in [1.54, 1.807) is 16.2 Å². The van der Waals surface area contributed by atoms with E-state index in [1.165, 1.54) is 0 Å². The normalized spacial score (nSPS) is 25.7. The smallest absolute Gasteiger partial charge is 0.223 e. The lowest BCUT2D eigenvalue weighted by Gasteiger charge is -2.24. The van der Waals surface area contributed by atoms with Crippen molar-refractivity contribution in [3.8, 4) is 0 Å². The molecule has 2 amide bonds. The Kier molecular flexibility index (Phi) is 5.84. The van der Waals surface area contributed by atoms with Crippen LogP contribution in [-0.4, -0.2) is 47.4 Å². The molecule has 1 saturated heterocycles. The predicted octanol–water partition coefficient (Wildman–Crippen LogP) is 1.53. The summed E-state index contributed by atoms with van der Waals surface area (Å²) in [5, 5.41) is 9.59. The molecule has 2 aliphatic rings. The zero-order chi connectivity index (χ0) is 16.9. The van der Waals surface area contributed by atoms with Crippen molar-refractivity contribution in [2.45, 2.75) is 57.2 Å². The predicted molar refractivity (Wildman–Crippen MR) is 93.5 cm³/mol. The Morgan fingerprint density at radius 2 is 2.17 bits per heavy atom. The number of carbonyl (C=O) groups excluding carboxylic acids is 2. The maximum absolute atomic E-state index is 12.4. The fraction of sp³-hybridized carbons (Fsp3) is 0.706. The molecule has 0 bridgehead atoms. The summed E-state index contributed by atoms with van der Waals surface area (Å²) in [6.45, 7) is 1.41. The van der Waals surface area contributed by atoms with Gasteiger partial charge < -0.3 is 15.5 Å². The molecular weight excluding hydrogens is 324 g/mol. The van der Waals surface area contributed by atoms with E-state index >= 15 is 0 Å². The van der Waals surface area contributed by atoms with Crippen molar-refractivity contribution in [3.63, 3.8) is 0 Å². The van der Waals surface area contributed by atoms with E-state index in [2.05, 4.69) is 15.6 Å². The second kappa shape index (κ2) is 8.07. The number of hydrogen-bond donors (Lipinski definition) is 2. The lowest BCUT2D eigenvalue weighted by molar-refractivity contribution is -0.135. The van der Waals surface area contributed by atoms with Crippen LogP contribution >= 0.6 is 11.3 Å². The van der Waals surface area contributed by atoms with Crippen molar-refractivity contribution in [2.75, 3.05) is 13.6 Å². The van der Waals surface area contributed by atoms with Gasteiger partial charge in [-0.3, -0.25) is 9.59 Å². The molecule has 0 radical (unpaired) electrons. The number of rotatable bonds is 5. The van der Waals surface area contributed by atoms with E-state index in [-0.39, 0.29) is 23.8 Å². The zero-order valence-corrected chi connectivity index (χ0v) is 15.0. The first-order valence-corrected chi connectivity index (χ1v) is 9.66. The summed E-state index contributed by atoms with van der Waals surface area (Å²) in [6, 6.07) is 0.596. The van der Waals surface area contributed by atoms with Crippen LogP contribution < -0.4 is 10.6 Å². The standard InChI is InChI=1S/C17H26N4O2S/c1-21-11-14(19-10-15-18-7-8-24-15)4-2-3-12(9-16(21)22)17(23)20-13-5-6-13/h7-8,12-14,19H,2-6,9-11H2,1H3,(H,20,23)/t12-,14-/m1/s1. The molecule has 7 heteroatoms. The average molecular weight is 350 g/mol. The molecule has 0 unspecified atom stereocenters. The molecule has 1 aromatic heterocycles. The van der Waals surface area contributed by atoms with Crippen molar-refractivity contribution in [1.29, 1.82) is 0 Å². The highest BCUT2D eigenvalue weighted by molar-refractivity contribution is 7.09. The molecule has 3 rings (SSSR count). The number of aromatic nitrogens is 1. The number of nitrogens with zero attached hydrogens (tertiary/aromatic N) is 2. The van der Waals surface area contributed by atoms with Gasteiger partial charge in [0.1, 0.15) is 5.01 Å². The molecular formula is C17H26N4O2S. The highest BCUT2D eigenvalue weighted by Gasteiger charge is 2.30. The molecule has 1 aliphatic heterocycles. The third-order valence-electron chi connectivity index (χ3n) is 4.77. The SMILES string of the molecule is CN1C[C@H](NCc2nccs2)CCC[C@@H](C(=O)NC2CC2)CC1=O. The van der Waals surface area contributed by atoms with Crippen LogP contribution in [0.4, 0.5) is 0 Å². The van der Waals surface area contributed by atoms with E-state index in [0.717, 1.165) is 43.7 Å². The summed E-state index contributed by atoms with van der Waals surface area (Å²) >= 11 is 1.64. The minimum absolute atomic E-state index is 0.0634. The molecule has 6 nitrogen and oxygen atoms in total. The second-order valence-corrected chi connectivity index (χ2v) is 7.87. The largest absolute Gasteiger partial charge is 0.353 e. The van der Waals surface area contributed by atoms with Crippen LogP contribution in [0.5, 0.6) is 0 Å². The zero-order valence-electron chi connectivity index (χ0n) is 14.2. The van der Waals surface area contributed by atoms with Crippen LogP contribution in [-0.2, 0) is 16.1 Å². The number of nitrogens with one attached hydrogen (secondary N) is 2. The highest BCUT2D eigenvalue weighted by atomic mass is 32.1.